The average Bonchev–Trinajstić information content (AvgIpc) is 3.13. The molecule has 5 nitrogen and oxygen atoms in total. The highest BCUT2D eigenvalue weighted by molar-refractivity contribution is 7.99. The van der Waals surface area contributed by atoms with Gasteiger partial charge in [0.1, 0.15) is 0 Å². The summed E-state index contributed by atoms with van der Waals surface area (Å²) in [5.74, 6) is 1.86. The molecule has 1 heterocycles. The van der Waals surface area contributed by atoms with Crippen LogP contribution in [-0.4, -0.2) is 40.2 Å². The van der Waals surface area contributed by atoms with Crippen LogP contribution in [0.2, 0.25) is 0 Å². The molecule has 1 aliphatic carbocycles. The zero-order valence-corrected chi connectivity index (χ0v) is 13.9. The Kier molecular flexibility index (Phi) is 5.96. The third kappa shape index (κ3) is 4.40. The molecular weight excluding hydrogens is 286 g/mol. The molecule has 1 saturated carbocycles. The van der Waals surface area contributed by atoms with Gasteiger partial charge in [0, 0.05) is 24.4 Å². The van der Waals surface area contributed by atoms with Crippen LogP contribution in [-0.2, 0) is 13.0 Å². The summed E-state index contributed by atoms with van der Waals surface area (Å²) >= 11 is 2.01. The lowest BCUT2D eigenvalue weighted by molar-refractivity contribution is 0.189. The lowest BCUT2D eigenvalue weighted by Gasteiger charge is -2.24. The maximum Gasteiger partial charge on any atom is 0.317 e. The van der Waals surface area contributed by atoms with E-state index in [2.05, 4.69) is 17.4 Å². The van der Waals surface area contributed by atoms with Gasteiger partial charge in [-0.1, -0.05) is 19.0 Å². The molecule has 2 atom stereocenters. The minimum Gasteiger partial charge on any atom is -0.359 e. The molecule has 1 aliphatic rings. The highest BCUT2D eigenvalue weighted by Crippen LogP contribution is 2.32. The molecule has 1 aromatic heterocycles. The number of hydrogen-bond donors (Lipinski definition) is 1. The van der Waals surface area contributed by atoms with Crippen molar-refractivity contribution in [1.82, 2.24) is 15.4 Å². The number of hydrogen-bond acceptors (Lipinski definition) is 4. The van der Waals surface area contributed by atoms with Crippen LogP contribution in [0.25, 0.3) is 0 Å². The standard InChI is InChI=1S/C15H25N3O2S/c1-4-11-8-13(20-17-11)10-16-15(19)18(3)12-6-7-14(9-12)21-5-2/h8,12,14H,4-7,9-10H2,1-3H3,(H,16,19)/t12-,14-/m1/s1. The number of rotatable bonds is 6. The Morgan fingerprint density at radius 3 is 3.00 bits per heavy atom. The Bertz CT molecular complexity index is 464. The van der Waals surface area contributed by atoms with Gasteiger partial charge in [0.05, 0.1) is 12.2 Å². The molecule has 6 heteroatoms. The van der Waals surface area contributed by atoms with Crippen molar-refractivity contribution >= 4 is 17.8 Å². The predicted octanol–water partition coefficient (Wildman–Crippen LogP) is 3.05. The van der Waals surface area contributed by atoms with Crippen molar-refractivity contribution in [2.75, 3.05) is 12.8 Å². The smallest absolute Gasteiger partial charge is 0.317 e. The van der Waals surface area contributed by atoms with Crippen LogP contribution in [0.3, 0.4) is 0 Å². The minimum absolute atomic E-state index is 0.0309. The summed E-state index contributed by atoms with van der Waals surface area (Å²) in [5.41, 5.74) is 0.919. The lowest BCUT2D eigenvalue weighted by Crippen LogP contribution is -2.42. The third-order valence-corrected chi connectivity index (χ3v) is 5.24. The summed E-state index contributed by atoms with van der Waals surface area (Å²) in [4.78, 5) is 14.0. The van der Waals surface area contributed by atoms with Gasteiger partial charge in [-0.25, -0.2) is 4.79 Å². The maximum atomic E-state index is 12.2. The third-order valence-electron chi connectivity index (χ3n) is 4.01. The number of nitrogens with zero attached hydrogens (tertiary/aromatic N) is 2. The number of amides is 2. The quantitative estimate of drug-likeness (QED) is 0.877. The fourth-order valence-electron chi connectivity index (χ4n) is 2.72. The van der Waals surface area contributed by atoms with E-state index in [1.807, 2.05) is 36.7 Å². The molecule has 0 radical (unpaired) electrons. The van der Waals surface area contributed by atoms with Gasteiger partial charge in [0.2, 0.25) is 0 Å². The van der Waals surface area contributed by atoms with Crippen LogP contribution in [0, 0.1) is 0 Å². The van der Waals surface area contributed by atoms with Crippen LogP contribution >= 0.6 is 11.8 Å². The number of carbonyl (C=O) groups is 1. The molecule has 0 saturated heterocycles. The van der Waals surface area contributed by atoms with Gasteiger partial charge in [-0.15, -0.1) is 0 Å². The molecule has 0 unspecified atom stereocenters. The van der Waals surface area contributed by atoms with E-state index in [1.165, 1.54) is 6.42 Å². The normalized spacial score (nSPS) is 21.5. The van der Waals surface area contributed by atoms with Gasteiger partial charge in [-0.3, -0.25) is 0 Å². The van der Waals surface area contributed by atoms with Crippen molar-refractivity contribution in [3.63, 3.8) is 0 Å². The Balaban J connectivity index is 1.77. The topological polar surface area (TPSA) is 58.4 Å². The van der Waals surface area contributed by atoms with Crippen LogP contribution < -0.4 is 5.32 Å². The van der Waals surface area contributed by atoms with Gasteiger partial charge < -0.3 is 14.7 Å². The summed E-state index contributed by atoms with van der Waals surface area (Å²) in [7, 11) is 1.89. The number of carbonyl (C=O) groups excluding carboxylic acids is 1. The molecule has 0 aliphatic heterocycles. The molecule has 1 fully saturated rings. The van der Waals surface area contributed by atoms with Crippen molar-refractivity contribution in [2.45, 2.75) is 57.4 Å². The van der Waals surface area contributed by atoms with Gasteiger partial charge >= 0.3 is 6.03 Å². The van der Waals surface area contributed by atoms with Crippen molar-refractivity contribution in [3.05, 3.63) is 17.5 Å². The maximum absolute atomic E-state index is 12.2. The second kappa shape index (κ2) is 7.73. The Morgan fingerprint density at radius 2 is 2.33 bits per heavy atom. The van der Waals surface area contributed by atoms with Crippen LogP contribution in [0.5, 0.6) is 0 Å². The summed E-state index contributed by atoms with van der Waals surface area (Å²) < 4.78 is 5.17. The fourth-order valence-corrected chi connectivity index (χ4v) is 3.85. The first-order chi connectivity index (χ1) is 10.1. The van der Waals surface area contributed by atoms with E-state index in [0.717, 1.165) is 30.7 Å². The van der Waals surface area contributed by atoms with Crippen molar-refractivity contribution < 1.29 is 9.32 Å². The van der Waals surface area contributed by atoms with E-state index in [1.54, 1.807) is 0 Å². The van der Waals surface area contributed by atoms with E-state index in [4.69, 9.17) is 4.52 Å². The molecule has 1 aromatic rings. The highest BCUT2D eigenvalue weighted by Gasteiger charge is 2.29. The number of nitrogens with one attached hydrogen (secondary N) is 1. The Hall–Kier alpha value is -1.17. The first-order valence-electron chi connectivity index (χ1n) is 7.70. The molecular formula is C15H25N3O2S. The molecule has 118 valence electrons. The molecule has 0 spiro atoms. The van der Waals surface area contributed by atoms with Gasteiger partial charge in [0.15, 0.2) is 5.76 Å². The molecule has 0 aromatic carbocycles. The Labute approximate surface area is 130 Å². The van der Waals surface area contributed by atoms with E-state index in [-0.39, 0.29) is 6.03 Å². The predicted molar refractivity (Wildman–Crippen MR) is 85.4 cm³/mol. The first-order valence-corrected chi connectivity index (χ1v) is 8.75. The monoisotopic (exact) mass is 311 g/mol. The number of aryl methyl sites for hydroxylation is 1. The van der Waals surface area contributed by atoms with Crippen molar-refractivity contribution in [1.29, 1.82) is 0 Å². The fraction of sp³-hybridized carbons (Fsp3) is 0.733. The molecule has 2 rings (SSSR count). The van der Waals surface area contributed by atoms with E-state index in [9.17, 15) is 4.79 Å². The second-order valence-electron chi connectivity index (χ2n) is 5.45. The molecule has 2 amide bonds. The minimum atomic E-state index is -0.0309. The number of aromatic nitrogens is 1. The molecule has 21 heavy (non-hydrogen) atoms. The van der Waals surface area contributed by atoms with E-state index < -0.39 is 0 Å². The lowest BCUT2D eigenvalue weighted by atomic mass is 10.2. The number of urea groups is 1. The highest BCUT2D eigenvalue weighted by atomic mass is 32.2. The average molecular weight is 311 g/mol. The van der Waals surface area contributed by atoms with Gasteiger partial charge in [0.25, 0.3) is 0 Å². The van der Waals surface area contributed by atoms with Crippen molar-refractivity contribution in [3.8, 4) is 0 Å². The van der Waals surface area contributed by atoms with Crippen molar-refractivity contribution in [2.24, 2.45) is 0 Å². The second-order valence-corrected chi connectivity index (χ2v) is 7.03. The first kappa shape index (κ1) is 16.2. The largest absolute Gasteiger partial charge is 0.359 e. The number of thioether (sulfide) groups is 1. The zero-order chi connectivity index (χ0) is 15.2. The summed E-state index contributed by atoms with van der Waals surface area (Å²) in [6.45, 7) is 4.62. The summed E-state index contributed by atoms with van der Waals surface area (Å²) in [6, 6.07) is 2.22. The van der Waals surface area contributed by atoms with E-state index >= 15 is 0 Å². The van der Waals surface area contributed by atoms with Crippen LogP contribution in [0.4, 0.5) is 4.79 Å². The summed E-state index contributed by atoms with van der Waals surface area (Å²) in [5, 5.41) is 7.53. The van der Waals surface area contributed by atoms with Gasteiger partial charge in [-0.2, -0.15) is 11.8 Å². The SMILES string of the molecule is CCS[C@@H]1CC[C@@H](N(C)C(=O)NCc2cc(CC)no2)C1. The molecule has 0 bridgehead atoms. The summed E-state index contributed by atoms with van der Waals surface area (Å²) in [6.07, 6.45) is 4.26. The van der Waals surface area contributed by atoms with E-state index in [0.29, 0.717) is 23.6 Å². The van der Waals surface area contributed by atoms with Gasteiger partial charge in [-0.05, 0) is 31.4 Å². The van der Waals surface area contributed by atoms with Crippen LogP contribution in [0.1, 0.15) is 44.6 Å². The molecule has 1 N–H and O–H groups in total. The zero-order valence-electron chi connectivity index (χ0n) is 13.1. The Morgan fingerprint density at radius 1 is 1.52 bits per heavy atom. The van der Waals surface area contributed by atoms with Crippen LogP contribution in [0.15, 0.2) is 10.6 Å².